The zero-order chi connectivity index (χ0) is 27.0. The largest absolute Gasteiger partial charge is 0.352 e. The Kier molecular flexibility index (Phi) is 8.52. The van der Waals surface area contributed by atoms with Gasteiger partial charge in [-0.2, -0.15) is 0 Å². The number of nitrogens with zero attached hydrogens (tertiary/aromatic N) is 2. The predicted molar refractivity (Wildman–Crippen MR) is 171 cm³/mol. The van der Waals surface area contributed by atoms with Gasteiger partial charge in [0.2, 0.25) is 0 Å². The lowest BCUT2D eigenvalue weighted by Crippen LogP contribution is -2.28. The van der Waals surface area contributed by atoms with E-state index in [4.69, 9.17) is 11.4 Å². The number of hydrogen-bond donors (Lipinski definition) is 0. The molecule has 1 aliphatic heterocycles. The summed E-state index contributed by atoms with van der Waals surface area (Å²) >= 11 is 0. The molecule has 0 spiro atoms. The van der Waals surface area contributed by atoms with E-state index >= 15 is 0 Å². The Morgan fingerprint density at radius 3 is 2.46 bits per heavy atom. The molecular weight excluding hydrogens is 491 g/mol. The van der Waals surface area contributed by atoms with Gasteiger partial charge in [-0.1, -0.05) is 103 Å². The molecule has 1 heterocycles. The predicted octanol–water partition coefficient (Wildman–Crippen LogP) is 8.04. The van der Waals surface area contributed by atoms with E-state index in [0.717, 1.165) is 30.5 Å². The van der Waals surface area contributed by atoms with E-state index in [2.05, 4.69) is 130 Å². The van der Waals surface area contributed by atoms with Crippen LogP contribution in [0.2, 0.25) is 0 Å². The third kappa shape index (κ3) is 6.12. The van der Waals surface area contributed by atoms with Crippen molar-refractivity contribution in [3.05, 3.63) is 144 Å². The first-order valence-electron chi connectivity index (χ1n) is 13.3. The summed E-state index contributed by atoms with van der Waals surface area (Å²) in [7, 11) is 5.14. The molecule has 1 aliphatic carbocycles. The van der Waals surface area contributed by atoms with Crippen LogP contribution in [0.4, 0.5) is 0 Å². The lowest BCUT2D eigenvalue weighted by Gasteiger charge is -2.33. The highest BCUT2D eigenvalue weighted by atomic mass is 31.0. The minimum absolute atomic E-state index is 0.105. The van der Waals surface area contributed by atoms with E-state index in [1.165, 1.54) is 38.8 Å². The summed E-state index contributed by atoms with van der Waals surface area (Å²) in [5.74, 6) is 2.54. The molecule has 0 saturated heterocycles. The van der Waals surface area contributed by atoms with Crippen molar-refractivity contribution in [2.45, 2.75) is 25.4 Å². The zero-order valence-corrected chi connectivity index (χ0v) is 23.4. The molecular formula is C36H33N2P. The molecule has 0 saturated carbocycles. The van der Waals surface area contributed by atoms with E-state index in [9.17, 15) is 0 Å². The fraction of sp³-hybridized carbons (Fsp3) is 0.139. The van der Waals surface area contributed by atoms with E-state index in [1.54, 1.807) is 6.08 Å². The topological polar surface area (TPSA) is 15.6 Å². The van der Waals surface area contributed by atoms with Gasteiger partial charge in [0.15, 0.2) is 0 Å². The molecule has 2 atom stereocenters. The van der Waals surface area contributed by atoms with Gasteiger partial charge in [-0.05, 0) is 70.3 Å². The van der Waals surface area contributed by atoms with E-state index in [0.29, 0.717) is 0 Å². The van der Waals surface area contributed by atoms with Gasteiger partial charge in [-0.3, -0.25) is 4.99 Å². The van der Waals surface area contributed by atoms with Crippen LogP contribution in [0.3, 0.4) is 0 Å². The summed E-state index contributed by atoms with van der Waals surface area (Å²) in [4.78, 5) is 7.59. The van der Waals surface area contributed by atoms with Gasteiger partial charge >= 0.3 is 0 Å². The molecule has 0 radical (unpaired) electrons. The molecule has 0 aromatic heterocycles. The quantitative estimate of drug-likeness (QED) is 0.173. The minimum Gasteiger partial charge on any atom is -0.352 e. The lowest BCUT2D eigenvalue weighted by molar-refractivity contribution is 0.309. The molecule has 0 amide bonds. The van der Waals surface area contributed by atoms with Gasteiger partial charge in [0.05, 0.1) is 5.71 Å². The van der Waals surface area contributed by atoms with Gasteiger partial charge in [0.1, 0.15) is 6.17 Å². The highest BCUT2D eigenvalue weighted by Crippen LogP contribution is 2.34. The first kappa shape index (κ1) is 26.4. The number of terminal acetylenes is 1. The molecule has 0 fully saturated rings. The monoisotopic (exact) mass is 524 g/mol. The average Bonchev–Trinajstić information content (AvgIpc) is 2.99. The van der Waals surface area contributed by atoms with Crippen molar-refractivity contribution in [3.8, 4) is 23.5 Å². The van der Waals surface area contributed by atoms with Crippen molar-refractivity contribution < 1.29 is 0 Å². The summed E-state index contributed by atoms with van der Waals surface area (Å²) in [6, 6.07) is 25.8. The first-order chi connectivity index (χ1) is 19.2. The molecule has 39 heavy (non-hydrogen) atoms. The molecule has 3 aromatic rings. The van der Waals surface area contributed by atoms with E-state index < -0.39 is 0 Å². The average molecular weight is 525 g/mol. The maximum Gasteiger partial charge on any atom is 0.147 e. The van der Waals surface area contributed by atoms with Gasteiger partial charge in [-0.25, -0.2) is 0 Å². The molecule has 5 rings (SSSR count). The highest BCUT2D eigenvalue weighted by Gasteiger charge is 2.24. The Morgan fingerprint density at radius 2 is 1.74 bits per heavy atom. The Hall–Kier alpha value is -4.18. The molecule has 0 bridgehead atoms. The molecule has 2 unspecified atom stereocenters. The summed E-state index contributed by atoms with van der Waals surface area (Å²) in [5.41, 5.74) is 9.57. The van der Waals surface area contributed by atoms with Crippen LogP contribution in [-0.2, 0) is 0 Å². The van der Waals surface area contributed by atoms with Crippen molar-refractivity contribution in [2.75, 3.05) is 7.05 Å². The number of aliphatic imine (C=N–C) groups is 1. The van der Waals surface area contributed by atoms with Crippen molar-refractivity contribution in [1.29, 1.82) is 0 Å². The summed E-state index contributed by atoms with van der Waals surface area (Å²) in [6.07, 6.45) is 24.8. The maximum atomic E-state index is 5.36. The molecule has 192 valence electrons. The van der Waals surface area contributed by atoms with Crippen LogP contribution >= 0.6 is 9.24 Å². The van der Waals surface area contributed by atoms with Crippen LogP contribution in [0.5, 0.6) is 0 Å². The summed E-state index contributed by atoms with van der Waals surface area (Å²) < 4.78 is 0. The van der Waals surface area contributed by atoms with Crippen LogP contribution in [0.15, 0.2) is 132 Å². The number of benzene rings is 3. The smallest absolute Gasteiger partial charge is 0.147 e. The first-order valence-corrected chi connectivity index (χ1v) is 13.9. The van der Waals surface area contributed by atoms with Crippen LogP contribution in [-0.4, -0.2) is 17.7 Å². The van der Waals surface area contributed by atoms with Crippen LogP contribution in [0.25, 0.3) is 16.7 Å². The Bertz CT molecular complexity index is 1550. The summed E-state index contributed by atoms with van der Waals surface area (Å²) in [6.45, 7) is 0. The fourth-order valence-electron chi connectivity index (χ4n) is 5.09. The van der Waals surface area contributed by atoms with Gasteiger partial charge in [-0.15, -0.1) is 15.7 Å². The molecule has 3 aromatic carbocycles. The standard InChI is InChI=1S/C36H33N2P/c1-3-4-5-6-16-23-31-26-34(37-36(38(31)2)29-21-14-9-15-22-29)30-24-32(27-17-10-7-11-18-27)35(39)33(25-30)28-19-12-8-13-20-28/h1,4-12,14-19,21-22,24-26,36H,13,20,23,39H2,2H3/b5-4-,16-6-. The van der Waals surface area contributed by atoms with Crippen molar-refractivity contribution in [1.82, 2.24) is 4.90 Å². The summed E-state index contributed by atoms with van der Waals surface area (Å²) in [5, 5.41) is 1.23. The Labute approximate surface area is 235 Å². The second-order valence-electron chi connectivity index (χ2n) is 9.71. The lowest BCUT2D eigenvalue weighted by atomic mass is 9.90. The van der Waals surface area contributed by atoms with Crippen LogP contribution in [0.1, 0.15) is 42.1 Å². The minimum atomic E-state index is -0.105. The Balaban J connectivity index is 1.65. The SMILES string of the molecule is C#C/C=C\C=C/CC1=CC(c2cc(C3=CC=CCC3)c(P)c(-c3ccccc3)c2)=NC(c2ccccc2)N1C. The van der Waals surface area contributed by atoms with E-state index in [1.807, 2.05) is 12.2 Å². The van der Waals surface area contributed by atoms with Crippen LogP contribution < -0.4 is 5.30 Å². The number of allylic oxidation sites excluding steroid dienone is 9. The van der Waals surface area contributed by atoms with Crippen molar-refractivity contribution >= 4 is 25.8 Å². The molecule has 2 nitrogen and oxygen atoms in total. The van der Waals surface area contributed by atoms with E-state index in [-0.39, 0.29) is 6.17 Å². The van der Waals surface area contributed by atoms with Crippen LogP contribution in [0, 0.1) is 12.3 Å². The van der Waals surface area contributed by atoms with Gasteiger partial charge in [0.25, 0.3) is 0 Å². The third-order valence-corrected chi connectivity index (χ3v) is 7.79. The van der Waals surface area contributed by atoms with Gasteiger partial charge in [0, 0.05) is 24.7 Å². The number of hydrogen-bond acceptors (Lipinski definition) is 2. The normalized spacial score (nSPS) is 17.2. The second-order valence-corrected chi connectivity index (χ2v) is 10.3. The molecule has 3 heteroatoms. The van der Waals surface area contributed by atoms with Crippen molar-refractivity contribution in [3.63, 3.8) is 0 Å². The van der Waals surface area contributed by atoms with Gasteiger partial charge < -0.3 is 4.90 Å². The second kappa shape index (κ2) is 12.6. The Morgan fingerprint density at radius 1 is 1.00 bits per heavy atom. The fourth-order valence-corrected chi connectivity index (χ4v) is 5.60. The highest BCUT2D eigenvalue weighted by molar-refractivity contribution is 7.28. The van der Waals surface area contributed by atoms with Crippen molar-refractivity contribution in [2.24, 2.45) is 4.99 Å². The molecule has 2 aliphatic rings. The zero-order valence-electron chi connectivity index (χ0n) is 22.3. The maximum absolute atomic E-state index is 5.36. The molecule has 0 N–H and O–H groups in total. The third-order valence-electron chi connectivity index (χ3n) is 7.17. The number of rotatable bonds is 7.